The Hall–Kier alpha value is -3.77. The molecule has 37 heavy (non-hydrogen) atoms. The normalized spacial score (nSPS) is 11.1. The Balaban J connectivity index is 0.000000247. The smallest absolute Gasteiger partial charge is 0.400 e. The van der Waals surface area contributed by atoms with Crippen molar-refractivity contribution in [3.05, 3.63) is 47.2 Å². The van der Waals surface area contributed by atoms with E-state index < -0.39 is 24.0 Å². The summed E-state index contributed by atoms with van der Waals surface area (Å²) in [6.45, 7) is 1.33. The Kier molecular flexibility index (Phi) is 9.92. The van der Waals surface area contributed by atoms with Crippen LogP contribution in [0.15, 0.2) is 35.5 Å². The molecule has 0 saturated heterocycles. The number of alkyl halides is 6. The van der Waals surface area contributed by atoms with E-state index in [1.807, 2.05) is 0 Å². The molecule has 0 aliphatic heterocycles. The Labute approximate surface area is 212 Å². The number of thiazole rings is 2. The second-order valence-corrected chi connectivity index (χ2v) is 8.10. The number of amides is 1. The first-order chi connectivity index (χ1) is 17.3. The third-order valence-electron chi connectivity index (χ3n) is 3.63. The van der Waals surface area contributed by atoms with E-state index in [2.05, 4.69) is 35.2 Å². The number of hydrogen-bond acceptors (Lipinski definition) is 11. The summed E-state index contributed by atoms with van der Waals surface area (Å²) < 4.78 is 73.4. The quantitative estimate of drug-likeness (QED) is 0.307. The maximum Gasteiger partial charge on any atom is 0.451 e. The number of nitrogens with zero attached hydrogens (tertiary/aromatic N) is 6. The molecule has 0 unspecified atom stereocenters. The number of aromatic nitrogens is 6. The maximum atomic E-state index is 12.3. The number of nitrogens with two attached hydrogens (primary N) is 1. The number of carbonyl (C=O) groups excluding carboxylic acids is 1. The van der Waals surface area contributed by atoms with Crippen molar-refractivity contribution >= 4 is 40.2 Å². The van der Waals surface area contributed by atoms with Crippen molar-refractivity contribution in [1.29, 1.82) is 0 Å². The summed E-state index contributed by atoms with van der Waals surface area (Å²) in [6, 6.07) is 0. The van der Waals surface area contributed by atoms with Gasteiger partial charge in [-0.15, -0.1) is 22.7 Å². The average Bonchev–Trinajstić information content (AvgIpc) is 3.49. The third kappa shape index (κ3) is 8.69. The Morgan fingerprint density at radius 3 is 1.57 bits per heavy atom. The summed E-state index contributed by atoms with van der Waals surface area (Å²) in [5, 5.41) is 13.6. The zero-order chi connectivity index (χ0) is 27.8. The Morgan fingerprint density at radius 1 is 0.811 bits per heavy atom. The number of halogens is 6. The fraction of sp³-hybridized carbons (Fsp3) is 0.211. The molecule has 0 aromatic carbocycles. The lowest BCUT2D eigenvalue weighted by Gasteiger charge is -2.03. The fourth-order valence-electron chi connectivity index (χ4n) is 2.23. The van der Waals surface area contributed by atoms with Gasteiger partial charge in [-0.2, -0.15) is 26.3 Å². The monoisotopic (exact) mass is 566 g/mol. The SMILES string of the molecule is CC(=O)Nc1csc(-c2cnc(C(F)(F)F)nc2)n1.CO.Nc1csc(-c2cnc(C(F)(F)F)nc2)n1. The fourth-order valence-corrected chi connectivity index (χ4v) is 3.64. The zero-order valence-corrected chi connectivity index (χ0v) is 20.3. The second-order valence-electron chi connectivity index (χ2n) is 6.38. The predicted molar refractivity (Wildman–Crippen MR) is 123 cm³/mol. The summed E-state index contributed by atoms with van der Waals surface area (Å²) in [5.74, 6) is -1.98. The van der Waals surface area contributed by atoms with Gasteiger partial charge in [-0.3, -0.25) is 4.79 Å². The molecule has 1 amide bonds. The van der Waals surface area contributed by atoms with Crippen LogP contribution in [0.2, 0.25) is 0 Å². The highest BCUT2D eigenvalue weighted by molar-refractivity contribution is 7.13. The van der Waals surface area contributed by atoms with Crippen molar-refractivity contribution in [2.75, 3.05) is 18.2 Å². The van der Waals surface area contributed by atoms with E-state index in [1.54, 1.807) is 10.8 Å². The first-order valence-electron chi connectivity index (χ1n) is 9.51. The molecule has 0 bridgehead atoms. The highest BCUT2D eigenvalue weighted by atomic mass is 32.1. The standard InChI is InChI=1S/C10H7F3N4OS.C8H5F3N4S.CH4O/c1-5(18)16-7-4-19-8(17-7)6-2-14-9(15-3-6)10(11,12)13;9-8(10,11)7-13-1-4(2-14-7)6-15-5(12)3-16-6;1-2/h2-4H,1H3,(H,16,18);1-3H,12H2;2H,1H3. The summed E-state index contributed by atoms with van der Waals surface area (Å²) in [4.78, 5) is 31.7. The van der Waals surface area contributed by atoms with E-state index in [-0.39, 0.29) is 5.91 Å². The van der Waals surface area contributed by atoms with Crippen LogP contribution in [-0.4, -0.2) is 48.0 Å². The number of aliphatic hydroxyl groups is 1. The average molecular weight is 567 g/mol. The van der Waals surface area contributed by atoms with Gasteiger partial charge < -0.3 is 16.2 Å². The highest BCUT2D eigenvalue weighted by Crippen LogP contribution is 2.29. The number of aliphatic hydroxyl groups excluding tert-OH is 1. The highest BCUT2D eigenvalue weighted by Gasteiger charge is 2.35. The molecule has 0 atom stereocenters. The van der Waals surface area contributed by atoms with Crippen molar-refractivity contribution in [2.24, 2.45) is 0 Å². The van der Waals surface area contributed by atoms with Gasteiger partial charge in [0.05, 0.1) is 0 Å². The summed E-state index contributed by atoms with van der Waals surface area (Å²) in [7, 11) is 1.00. The van der Waals surface area contributed by atoms with E-state index in [1.165, 1.54) is 29.6 Å². The van der Waals surface area contributed by atoms with Crippen LogP contribution in [0, 0.1) is 0 Å². The predicted octanol–water partition coefficient (Wildman–Crippen LogP) is 4.39. The number of rotatable bonds is 3. The third-order valence-corrected chi connectivity index (χ3v) is 5.44. The van der Waals surface area contributed by atoms with Crippen molar-refractivity contribution in [3.8, 4) is 21.1 Å². The van der Waals surface area contributed by atoms with Crippen LogP contribution < -0.4 is 11.1 Å². The van der Waals surface area contributed by atoms with Gasteiger partial charge in [-0.25, -0.2) is 29.9 Å². The molecule has 0 saturated carbocycles. The van der Waals surface area contributed by atoms with Crippen LogP contribution in [0.3, 0.4) is 0 Å². The summed E-state index contributed by atoms with van der Waals surface area (Å²) >= 11 is 2.39. The molecule has 18 heteroatoms. The van der Waals surface area contributed by atoms with Crippen molar-refractivity contribution in [2.45, 2.75) is 19.3 Å². The first kappa shape index (κ1) is 29.5. The lowest BCUT2D eigenvalue weighted by molar-refractivity contribution is -0.145. The second kappa shape index (κ2) is 12.5. The Morgan fingerprint density at radius 2 is 1.22 bits per heavy atom. The van der Waals surface area contributed by atoms with Crippen LogP contribution in [0.4, 0.5) is 38.0 Å². The molecule has 4 aromatic heterocycles. The largest absolute Gasteiger partial charge is 0.451 e. The molecule has 4 aromatic rings. The number of nitrogens with one attached hydrogen (secondary N) is 1. The lowest BCUT2D eigenvalue weighted by atomic mass is 10.3. The minimum atomic E-state index is -4.57. The number of anilines is 2. The van der Waals surface area contributed by atoms with E-state index in [4.69, 9.17) is 10.8 Å². The van der Waals surface area contributed by atoms with Crippen LogP contribution in [0.25, 0.3) is 21.1 Å². The molecule has 0 radical (unpaired) electrons. The zero-order valence-electron chi connectivity index (χ0n) is 18.7. The van der Waals surface area contributed by atoms with Gasteiger partial charge in [-0.1, -0.05) is 0 Å². The van der Waals surface area contributed by atoms with Crippen LogP contribution in [-0.2, 0) is 17.1 Å². The topological polar surface area (TPSA) is 153 Å². The number of carbonyl (C=O) groups is 1. The van der Waals surface area contributed by atoms with E-state index in [0.717, 1.165) is 31.9 Å². The molecule has 0 spiro atoms. The van der Waals surface area contributed by atoms with Gasteiger partial charge in [-0.05, 0) is 0 Å². The van der Waals surface area contributed by atoms with Crippen LogP contribution >= 0.6 is 22.7 Å². The number of hydrogen-bond donors (Lipinski definition) is 3. The van der Waals surface area contributed by atoms with E-state index >= 15 is 0 Å². The van der Waals surface area contributed by atoms with E-state index in [9.17, 15) is 31.1 Å². The van der Waals surface area contributed by atoms with Crippen LogP contribution in [0.5, 0.6) is 0 Å². The van der Waals surface area contributed by atoms with Crippen molar-refractivity contribution in [1.82, 2.24) is 29.9 Å². The van der Waals surface area contributed by atoms with Gasteiger partial charge >= 0.3 is 12.4 Å². The van der Waals surface area contributed by atoms with Gasteiger partial charge in [0.1, 0.15) is 21.7 Å². The molecule has 0 fully saturated rings. The lowest BCUT2D eigenvalue weighted by Crippen LogP contribution is -2.10. The van der Waals surface area contributed by atoms with E-state index in [0.29, 0.717) is 32.8 Å². The minimum Gasteiger partial charge on any atom is -0.400 e. The molecule has 198 valence electrons. The molecule has 4 heterocycles. The molecule has 10 nitrogen and oxygen atoms in total. The van der Waals surface area contributed by atoms with Gasteiger partial charge in [0.25, 0.3) is 0 Å². The first-order valence-corrected chi connectivity index (χ1v) is 11.3. The number of nitrogen functional groups attached to an aromatic ring is 1. The Bertz CT molecular complexity index is 1290. The molecular formula is C19H16F6N8O2S2. The van der Waals surface area contributed by atoms with Crippen molar-refractivity contribution in [3.63, 3.8) is 0 Å². The van der Waals surface area contributed by atoms with Crippen molar-refractivity contribution < 1.29 is 36.2 Å². The van der Waals surface area contributed by atoms with Gasteiger partial charge in [0.2, 0.25) is 17.6 Å². The molecule has 0 aliphatic rings. The minimum absolute atomic E-state index is 0.277. The molecular weight excluding hydrogens is 550 g/mol. The summed E-state index contributed by atoms with van der Waals surface area (Å²) in [5.41, 5.74) is 6.16. The molecule has 4 rings (SSSR count). The molecule has 4 N–H and O–H groups in total. The van der Waals surface area contributed by atoms with Gasteiger partial charge in [0.15, 0.2) is 0 Å². The van der Waals surface area contributed by atoms with Crippen LogP contribution in [0.1, 0.15) is 18.6 Å². The molecule has 0 aliphatic carbocycles. The summed E-state index contributed by atoms with van der Waals surface area (Å²) in [6.07, 6.45) is -4.84. The maximum absolute atomic E-state index is 12.3. The van der Waals surface area contributed by atoms with Gasteiger partial charge in [0, 0.05) is 60.7 Å².